The maximum absolute atomic E-state index is 6.54. The third-order valence-electron chi connectivity index (χ3n) is 2.56. The van der Waals surface area contributed by atoms with Crippen LogP contribution in [0.1, 0.15) is 15.8 Å². The molecule has 0 N–H and O–H groups in total. The van der Waals surface area contributed by atoms with E-state index >= 15 is 0 Å². The van der Waals surface area contributed by atoms with Crippen LogP contribution >= 0.6 is 38.9 Å². The molecule has 0 aliphatic rings. The first-order chi connectivity index (χ1) is 8.67. The Hall–Kier alpha value is -0.710. The average molecular weight is 348 g/mol. The van der Waals surface area contributed by atoms with Crippen LogP contribution in [-0.4, -0.2) is 14.2 Å². The van der Waals surface area contributed by atoms with Crippen molar-refractivity contribution >= 4 is 38.9 Å². The van der Waals surface area contributed by atoms with Crippen molar-refractivity contribution in [2.75, 3.05) is 14.2 Å². The molecule has 2 nitrogen and oxygen atoms in total. The van der Waals surface area contributed by atoms with Gasteiger partial charge in [-0.1, -0.05) is 6.07 Å². The highest BCUT2D eigenvalue weighted by Gasteiger charge is 2.21. The minimum atomic E-state index is -0.285. The van der Waals surface area contributed by atoms with Gasteiger partial charge in [0.25, 0.3) is 0 Å². The fourth-order valence-electron chi connectivity index (χ4n) is 1.74. The van der Waals surface area contributed by atoms with Gasteiger partial charge >= 0.3 is 0 Å². The minimum absolute atomic E-state index is 0.285. The molecule has 0 fully saturated rings. The van der Waals surface area contributed by atoms with Crippen LogP contribution in [0.3, 0.4) is 0 Å². The Bertz CT molecular complexity index is 519. The van der Waals surface area contributed by atoms with Crippen molar-refractivity contribution in [1.82, 2.24) is 0 Å². The molecule has 2 aromatic rings. The molecule has 0 amide bonds. The molecule has 0 aliphatic carbocycles. The van der Waals surface area contributed by atoms with E-state index in [4.69, 9.17) is 21.1 Å². The summed E-state index contributed by atoms with van der Waals surface area (Å²) in [5.74, 6) is 1.47. The van der Waals surface area contributed by atoms with E-state index in [0.717, 1.165) is 25.7 Å². The molecular formula is C13H12BrClO2S. The van der Waals surface area contributed by atoms with Crippen LogP contribution in [0.25, 0.3) is 0 Å². The van der Waals surface area contributed by atoms with E-state index in [0.29, 0.717) is 0 Å². The summed E-state index contributed by atoms with van der Waals surface area (Å²) in [6.45, 7) is 0. The Labute approximate surface area is 124 Å². The van der Waals surface area contributed by atoms with Crippen LogP contribution in [0.2, 0.25) is 0 Å². The molecule has 0 bridgehead atoms. The fraction of sp³-hybridized carbons (Fsp3) is 0.231. The number of hydrogen-bond donors (Lipinski definition) is 0. The molecule has 18 heavy (non-hydrogen) atoms. The molecular weight excluding hydrogens is 336 g/mol. The second kappa shape index (κ2) is 5.95. The molecule has 0 saturated heterocycles. The van der Waals surface area contributed by atoms with Crippen molar-refractivity contribution in [2.45, 2.75) is 5.38 Å². The molecule has 0 spiro atoms. The van der Waals surface area contributed by atoms with Crippen molar-refractivity contribution < 1.29 is 9.47 Å². The van der Waals surface area contributed by atoms with Gasteiger partial charge in [0.1, 0.15) is 16.9 Å². The lowest BCUT2D eigenvalue weighted by molar-refractivity contribution is 0.386. The molecule has 5 heteroatoms. The highest BCUT2D eigenvalue weighted by atomic mass is 79.9. The zero-order valence-electron chi connectivity index (χ0n) is 9.94. The Morgan fingerprint density at radius 1 is 1.11 bits per heavy atom. The number of thiophene rings is 1. The zero-order valence-corrected chi connectivity index (χ0v) is 13.1. The molecule has 1 heterocycles. The van der Waals surface area contributed by atoms with Gasteiger partial charge in [0.2, 0.25) is 0 Å². The van der Waals surface area contributed by atoms with Crippen LogP contribution in [-0.2, 0) is 0 Å². The highest BCUT2D eigenvalue weighted by Crippen LogP contribution is 2.43. The molecule has 1 unspecified atom stereocenters. The van der Waals surface area contributed by atoms with Gasteiger partial charge in [-0.3, -0.25) is 0 Å². The van der Waals surface area contributed by atoms with Gasteiger partial charge in [-0.25, -0.2) is 0 Å². The SMILES string of the molecule is COc1cccc(OC)c1C(Cl)c1ccc(Br)s1. The van der Waals surface area contributed by atoms with Crippen LogP contribution in [0.5, 0.6) is 11.5 Å². The minimum Gasteiger partial charge on any atom is -0.496 e. The van der Waals surface area contributed by atoms with Crippen LogP contribution in [0.4, 0.5) is 0 Å². The summed E-state index contributed by atoms with van der Waals surface area (Å²) in [6, 6.07) is 9.64. The molecule has 0 saturated carbocycles. The van der Waals surface area contributed by atoms with Crippen LogP contribution in [0, 0.1) is 0 Å². The van der Waals surface area contributed by atoms with E-state index < -0.39 is 0 Å². The topological polar surface area (TPSA) is 18.5 Å². The third kappa shape index (κ3) is 2.66. The van der Waals surface area contributed by atoms with Gasteiger partial charge in [0.05, 0.1) is 23.6 Å². The van der Waals surface area contributed by atoms with Crippen LogP contribution < -0.4 is 9.47 Å². The number of alkyl halides is 1. The Balaban J connectivity index is 2.48. The van der Waals surface area contributed by atoms with Gasteiger partial charge in [-0.15, -0.1) is 22.9 Å². The Morgan fingerprint density at radius 2 is 1.72 bits per heavy atom. The number of methoxy groups -OCH3 is 2. The van der Waals surface area contributed by atoms with Crippen molar-refractivity contribution in [3.63, 3.8) is 0 Å². The van der Waals surface area contributed by atoms with Crippen molar-refractivity contribution in [3.05, 3.63) is 44.6 Å². The van der Waals surface area contributed by atoms with Crippen molar-refractivity contribution in [1.29, 1.82) is 0 Å². The average Bonchev–Trinajstić information content (AvgIpc) is 2.83. The van der Waals surface area contributed by atoms with Gasteiger partial charge in [-0.2, -0.15) is 0 Å². The number of halogens is 2. The van der Waals surface area contributed by atoms with E-state index in [1.54, 1.807) is 25.6 Å². The van der Waals surface area contributed by atoms with E-state index in [1.165, 1.54) is 0 Å². The highest BCUT2D eigenvalue weighted by molar-refractivity contribution is 9.11. The zero-order chi connectivity index (χ0) is 13.1. The summed E-state index contributed by atoms with van der Waals surface area (Å²) >= 11 is 11.6. The van der Waals surface area contributed by atoms with E-state index in [2.05, 4.69) is 15.9 Å². The second-order valence-corrected chi connectivity index (χ2v) is 6.51. The predicted molar refractivity (Wildman–Crippen MR) is 79.3 cm³/mol. The van der Waals surface area contributed by atoms with Crippen molar-refractivity contribution in [2.24, 2.45) is 0 Å². The fourth-order valence-corrected chi connectivity index (χ4v) is 3.57. The van der Waals surface area contributed by atoms with Gasteiger partial charge in [0, 0.05) is 4.88 Å². The number of hydrogen-bond acceptors (Lipinski definition) is 3. The molecule has 1 atom stereocenters. The summed E-state index contributed by atoms with van der Waals surface area (Å²) in [6.07, 6.45) is 0. The van der Waals surface area contributed by atoms with Gasteiger partial charge in [0.15, 0.2) is 0 Å². The Kier molecular flexibility index (Phi) is 4.54. The maximum Gasteiger partial charge on any atom is 0.127 e. The first-order valence-corrected chi connectivity index (χ1v) is 7.32. The first-order valence-electron chi connectivity index (χ1n) is 5.27. The molecule has 96 valence electrons. The molecule has 1 aromatic carbocycles. The van der Waals surface area contributed by atoms with Gasteiger partial charge in [-0.05, 0) is 40.2 Å². The number of ether oxygens (including phenoxy) is 2. The lowest BCUT2D eigenvalue weighted by Crippen LogP contribution is -1.99. The summed E-state index contributed by atoms with van der Waals surface area (Å²) < 4.78 is 11.8. The quantitative estimate of drug-likeness (QED) is 0.736. The summed E-state index contributed by atoms with van der Waals surface area (Å²) in [5, 5.41) is -0.285. The van der Waals surface area contributed by atoms with E-state index in [1.807, 2.05) is 30.3 Å². The molecule has 2 rings (SSSR count). The van der Waals surface area contributed by atoms with E-state index in [-0.39, 0.29) is 5.38 Å². The third-order valence-corrected chi connectivity index (χ3v) is 4.83. The Morgan fingerprint density at radius 3 is 2.17 bits per heavy atom. The molecule has 0 aliphatic heterocycles. The lowest BCUT2D eigenvalue weighted by atomic mass is 10.1. The summed E-state index contributed by atoms with van der Waals surface area (Å²) in [7, 11) is 3.26. The number of rotatable bonds is 4. The maximum atomic E-state index is 6.54. The van der Waals surface area contributed by atoms with E-state index in [9.17, 15) is 0 Å². The normalized spacial score (nSPS) is 12.2. The largest absolute Gasteiger partial charge is 0.496 e. The van der Waals surface area contributed by atoms with Crippen molar-refractivity contribution in [3.8, 4) is 11.5 Å². The predicted octanol–water partition coefficient (Wildman–Crippen LogP) is 4.86. The monoisotopic (exact) mass is 346 g/mol. The second-order valence-electron chi connectivity index (χ2n) is 3.58. The smallest absolute Gasteiger partial charge is 0.127 e. The lowest BCUT2D eigenvalue weighted by Gasteiger charge is -2.16. The molecule has 1 aromatic heterocycles. The first kappa shape index (κ1) is 13.7. The summed E-state index contributed by atoms with van der Waals surface area (Å²) in [4.78, 5) is 1.05. The standard InChI is InChI=1S/C13H12BrClO2S/c1-16-8-4-3-5-9(17-2)12(8)13(15)10-6-7-11(14)18-10/h3-7,13H,1-2H3. The summed E-state index contributed by atoms with van der Waals surface area (Å²) in [5.41, 5.74) is 0.860. The van der Waals surface area contributed by atoms with Gasteiger partial charge < -0.3 is 9.47 Å². The molecule has 0 radical (unpaired) electrons. The number of benzene rings is 1. The van der Waals surface area contributed by atoms with Crippen LogP contribution in [0.15, 0.2) is 34.1 Å².